The Labute approximate surface area is 150 Å². The van der Waals surface area contributed by atoms with Gasteiger partial charge >= 0.3 is 0 Å². The van der Waals surface area contributed by atoms with Crippen molar-refractivity contribution in [3.05, 3.63) is 30.1 Å². The number of amides is 1. The molecule has 1 amide bonds. The van der Waals surface area contributed by atoms with Crippen LogP contribution < -0.4 is 14.8 Å². The number of hydrogen-bond donors (Lipinski definition) is 1. The van der Waals surface area contributed by atoms with E-state index in [2.05, 4.69) is 21.5 Å². The van der Waals surface area contributed by atoms with Gasteiger partial charge in [0.05, 0.1) is 13.7 Å². The second-order valence-electron chi connectivity index (χ2n) is 6.39. The number of rotatable bonds is 2. The first-order valence-electron chi connectivity index (χ1n) is 8.22. The monoisotopic (exact) mass is 351 g/mol. The molecule has 4 heterocycles. The van der Waals surface area contributed by atoms with Crippen LogP contribution in [-0.2, 0) is 4.79 Å². The van der Waals surface area contributed by atoms with E-state index in [1.807, 2.05) is 19.1 Å². The number of likely N-dealkylation sites (tertiary alicyclic amines) is 1. The first-order valence-corrected chi connectivity index (χ1v) is 8.22. The summed E-state index contributed by atoms with van der Waals surface area (Å²) in [5.41, 5.74) is 1.98. The quantitative estimate of drug-likeness (QED) is 0.822. The maximum Gasteiger partial charge on any atom is 0.270 e. The zero-order chi connectivity index (χ0) is 18.3. The van der Waals surface area contributed by atoms with Gasteiger partial charge in [-0.3, -0.25) is 4.79 Å². The van der Waals surface area contributed by atoms with Crippen LogP contribution in [0.15, 0.2) is 24.4 Å². The van der Waals surface area contributed by atoms with Gasteiger partial charge in [-0.2, -0.15) is 5.26 Å². The Morgan fingerprint density at radius 2 is 2.31 bits per heavy atom. The highest BCUT2D eigenvalue weighted by atomic mass is 16.5. The second-order valence-corrected chi connectivity index (χ2v) is 6.39. The third kappa shape index (κ3) is 2.49. The van der Waals surface area contributed by atoms with E-state index in [4.69, 9.17) is 14.7 Å². The smallest absolute Gasteiger partial charge is 0.270 e. The van der Waals surface area contributed by atoms with Crippen molar-refractivity contribution in [1.29, 1.82) is 5.26 Å². The number of carbonyl (C=O) groups excluding carboxylic acids is 1. The van der Waals surface area contributed by atoms with Crippen molar-refractivity contribution in [3.63, 3.8) is 0 Å². The third-order valence-electron chi connectivity index (χ3n) is 4.76. The second kappa shape index (κ2) is 5.88. The van der Waals surface area contributed by atoms with E-state index in [0.29, 0.717) is 30.4 Å². The third-order valence-corrected chi connectivity index (χ3v) is 4.76. The number of fused-ring (bicyclic) bond motifs is 1. The summed E-state index contributed by atoms with van der Waals surface area (Å²) < 4.78 is 11.1. The summed E-state index contributed by atoms with van der Waals surface area (Å²) in [5, 5.41) is 11.9. The minimum absolute atomic E-state index is 0.236. The highest BCUT2D eigenvalue weighted by molar-refractivity contribution is 6.01. The standard InChI is InChI=1S/C18H17N5O3/c1-11-13(3-4-15(21-11)25-2)12-7-14-16(20-8-12)26-18(17(24)22-14)5-6-23(9-18)10-19/h3-4,7-8H,5-6,9H2,1-2H3,(H,22,24). The number of nitriles is 1. The molecule has 2 aromatic rings. The minimum Gasteiger partial charge on any atom is -0.481 e. The predicted octanol–water partition coefficient (Wildman–Crippen LogP) is 1.72. The van der Waals surface area contributed by atoms with Gasteiger partial charge < -0.3 is 19.7 Å². The van der Waals surface area contributed by atoms with Crippen LogP contribution >= 0.6 is 0 Å². The molecule has 8 nitrogen and oxygen atoms in total. The van der Waals surface area contributed by atoms with Gasteiger partial charge in [0.15, 0.2) is 6.19 Å². The number of aromatic nitrogens is 2. The molecule has 1 atom stereocenters. The maximum absolute atomic E-state index is 12.6. The molecule has 0 aromatic carbocycles. The molecule has 1 unspecified atom stereocenters. The first-order chi connectivity index (χ1) is 12.5. The van der Waals surface area contributed by atoms with Crippen molar-refractivity contribution >= 4 is 11.6 Å². The number of nitrogens with zero attached hydrogens (tertiary/aromatic N) is 4. The van der Waals surface area contributed by atoms with Crippen molar-refractivity contribution in [3.8, 4) is 29.1 Å². The zero-order valence-electron chi connectivity index (χ0n) is 14.4. The van der Waals surface area contributed by atoms with Crippen molar-refractivity contribution < 1.29 is 14.3 Å². The van der Waals surface area contributed by atoms with Crippen LogP contribution in [0.2, 0.25) is 0 Å². The number of nitrogens with one attached hydrogen (secondary N) is 1. The molecular weight excluding hydrogens is 334 g/mol. The molecule has 132 valence electrons. The van der Waals surface area contributed by atoms with E-state index < -0.39 is 5.60 Å². The largest absolute Gasteiger partial charge is 0.481 e. The van der Waals surface area contributed by atoms with Gasteiger partial charge in [-0.05, 0) is 19.1 Å². The lowest BCUT2D eigenvalue weighted by Gasteiger charge is -2.33. The molecule has 0 radical (unpaired) electrons. The fraction of sp³-hybridized carbons (Fsp3) is 0.333. The van der Waals surface area contributed by atoms with Gasteiger partial charge in [0, 0.05) is 42.0 Å². The Hall–Kier alpha value is -3.34. The van der Waals surface area contributed by atoms with Crippen molar-refractivity contribution in [2.45, 2.75) is 18.9 Å². The van der Waals surface area contributed by atoms with Gasteiger partial charge in [-0.15, -0.1) is 0 Å². The molecule has 2 aliphatic rings. The van der Waals surface area contributed by atoms with Gasteiger partial charge in [-0.1, -0.05) is 0 Å². The number of ether oxygens (including phenoxy) is 2. The molecule has 1 N–H and O–H groups in total. The molecule has 26 heavy (non-hydrogen) atoms. The Morgan fingerprint density at radius 3 is 3.00 bits per heavy atom. The number of carbonyl (C=O) groups is 1. The van der Waals surface area contributed by atoms with Crippen LogP contribution in [0, 0.1) is 18.4 Å². The van der Waals surface area contributed by atoms with Gasteiger partial charge in [0.2, 0.25) is 17.4 Å². The lowest BCUT2D eigenvalue weighted by Crippen LogP contribution is -2.52. The molecular formula is C18H17N5O3. The summed E-state index contributed by atoms with van der Waals surface area (Å²) in [7, 11) is 1.57. The van der Waals surface area contributed by atoms with E-state index in [0.717, 1.165) is 16.8 Å². The molecule has 8 heteroatoms. The van der Waals surface area contributed by atoms with Gasteiger partial charge in [-0.25, -0.2) is 9.97 Å². The summed E-state index contributed by atoms with van der Waals surface area (Å²) in [6.07, 6.45) is 4.21. The number of methoxy groups -OCH3 is 1. The predicted molar refractivity (Wildman–Crippen MR) is 92.5 cm³/mol. The van der Waals surface area contributed by atoms with E-state index in [1.54, 1.807) is 19.4 Å². The fourth-order valence-electron chi connectivity index (χ4n) is 3.33. The average molecular weight is 351 g/mol. The van der Waals surface area contributed by atoms with Crippen LogP contribution in [0.5, 0.6) is 11.8 Å². The van der Waals surface area contributed by atoms with E-state index in [1.165, 1.54) is 4.90 Å². The molecule has 1 saturated heterocycles. The lowest BCUT2D eigenvalue weighted by molar-refractivity contribution is -0.131. The van der Waals surface area contributed by atoms with Crippen LogP contribution in [0.25, 0.3) is 11.1 Å². The molecule has 2 aliphatic heterocycles. The molecule has 0 saturated carbocycles. The van der Waals surface area contributed by atoms with Crippen LogP contribution in [0.1, 0.15) is 12.1 Å². The topological polar surface area (TPSA) is 100 Å². The molecule has 2 aromatic heterocycles. The number of aryl methyl sites for hydroxylation is 1. The minimum atomic E-state index is -1.05. The average Bonchev–Trinajstić information content (AvgIpc) is 3.06. The van der Waals surface area contributed by atoms with E-state index in [-0.39, 0.29) is 12.5 Å². The van der Waals surface area contributed by atoms with Crippen LogP contribution in [-0.4, -0.2) is 46.6 Å². The van der Waals surface area contributed by atoms with Gasteiger partial charge in [0.1, 0.15) is 5.69 Å². The highest BCUT2D eigenvalue weighted by Crippen LogP contribution is 2.38. The maximum atomic E-state index is 12.6. The normalized spacial score (nSPS) is 21.0. The zero-order valence-corrected chi connectivity index (χ0v) is 14.4. The number of hydrogen-bond acceptors (Lipinski definition) is 7. The first kappa shape index (κ1) is 16.1. The van der Waals surface area contributed by atoms with Crippen molar-refractivity contribution in [1.82, 2.24) is 14.9 Å². The van der Waals surface area contributed by atoms with Crippen LogP contribution in [0.4, 0.5) is 5.69 Å². The SMILES string of the molecule is COc1ccc(-c2cnc3c(c2)NC(=O)C2(CCN(C#N)C2)O3)c(C)n1. The highest BCUT2D eigenvalue weighted by Gasteiger charge is 2.50. The molecule has 0 bridgehead atoms. The molecule has 1 spiro atoms. The number of pyridine rings is 2. The summed E-state index contributed by atoms with van der Waals surface area (Å²) in [6.45, 7) is 2.62. The van der Waals surface area contributed by atoms with Gasteiger partial charge in [0.25, 0.3) is 5.91 Å². The fourth-order valence-corrected chi connectivity index (χ4v) is 3.33. The van der Waals surface area contributed by atoms with Crippen molar-refractivity contribution in [2.24, 2.45) is 0 Å². The van der Waals surface area contributed by atoms with E-state index in [9.17, 15) is 4.79 Å². The Kier molecular flexibility index (Phi) is 3.65. The number of anilines is 1. The Morgan fingerprint density at radius 1 is 1.46 bits per heavy atom. The summed E-state index contributed by atoms with van der Waals surface area (Å²) >= 11 is 0. The summed E-state index contributed by atoms with van der Waals surface area (Å²) in [6, 6.07) is 5.50. The molecule has 1 fully saturated rings. The lowest BCUT2D eigenvalue weighted by atomic mass is 9.99. The molecule has 4 rings (SSSR count). The molecule has 0 aliphatic carbocycles. The Bertz CT molecular complexity index is 939. The summed E-state index contributed by atoms with van der Waals surface area (Å²) in [5.74, 6) is 0.664. The van der Waals surface area contributed by atoms with E-state index >= 15 is 0 Å². The van der Waals surface area contributed by atoms with Crippen molar-refractivity contribution in [2.75, 3.05) is 25.5 Å². The Balaban J connectivity index is 1.67. The van der Waals surface area contributed by atoms with Crippen LogP contribution in [0.3, 0.4) is 0 Å². The summed E-state index contributed by atoms with van der Waals surface area (Å²) in [4.78, 5) is 22.9.